The van der Waals surface area contributed by atoms with Gasteiger partial charge in [-0.3, -0.25) is 4.79 Å². The van der Waals surface area contributed by atoms with Gasteiger partial charge in [-0.1, -0.05) is 13.0 Å². The van der Waals surface area contributed by atoms with Crippen LogP contribution in [-0.4, -0.2) is 23.5 Å². The number of carbonyl (C=O) groups excluding carboxylic acids is 2. The molecular formula is C17H22N4O2S. The smallest absolute Gasteiger partial charge is 0.319 e. The largest absolute Gasteiger partial charge is 0.337 e. The quantitative estimate of drug-likeness (QED) is 0.773. The summed E-state index contributed by atoms with van der Waals surface area (Å²) in [5, 5.41) is 11.4. The molecule has 0 saturated heterocycles. The van der Waals surface area contributed by atoms with Crippen LogP contribution in [0.25, 0.3) is 0 Å². The Bertz CT molecular complexity index is 742. The first kappa shape index (κ1) is 17.9. The molecule has 128 valence electrons. The Balaban J connectivity index is 1.94. The Morgan fingerprint density at radius 3 is 2.46 bits per heavy atom. The molecule has 1 aromatic heterocycles. The van der Waals surface area contributed by atoms with Crippen molar-refractivity contribution in [3.8, 4) is 0 Å². The molecule has 3 N–H and O–H groups in total. The molecule has 0 bridgehead atoms. The molecule has 24 heavy (non-hydrogen) atoms. The Labute approximate surface area is 145 Å². The maximum absolute atomic E-state index is 12.1. The van der Waals surface area contributed by atoms with Gasteiger partial charge >= 0.3 is 6.03 Å². The fourth-order valence-corrected chi connectivity index (χ4v) is 3.05. The van der Waals surface area contributed by atoms with Crippen molar-refractivity contribution in [2.75, 3.05) is 17.2 Å². The zero-order chi connectivity index (χ0) is 17.7. The van der Waals surface area contributed by atoms with Gasteiger partial charge in [-0.15, -0.1) is 11.3 Å². The van der Waals surface area contributed by atoms with E-state index in [9.17, 15) is 9.59 Å². The van der Waals surface area contributed by atoms with Crippen molar-refractivity contribution in [1.82, 2.24) is 10.3 Å². The van der Waals surface area contributed by atoms with Gasteiger partial charge in [0.25, 0.3) is 0 Å². The molecule has 1 heterocycles. The number of hydrogen-bond acceptors (Lipinski definition) is 4. The molecule has 0 fully saturated rings. The van der Waals surface area contributed by atoms with E-state index < -0.39 is 0 Å². The molecular weight excluding hydrogens is 324 g/mol. The predicted molar refractivity (Wildman–Crippen MR) is 97.8 cm³/mol. The molecule has 2 rings (SSSR count). The van der Waals surface area contributed by atoms with Crippen LogP contribution in [0.3, 0.4) is 0 Å². The summed E-state index contributed by atoms with van der Waals surface area (Å²) >= 11 is 1.60. The molecule has 6 nitrogen and oxygen atoms in total. The van der Waals surface area contributed by atoms with Crippen molar-refractivity contribution < 1.29 is 9.59 Å². The summed E-state index contributed by atoms with van der Waals surface area (Å²) in [5.74, 6) is 0.00790. The van der Waals surface area contributed by atoms with E-state index in [0.717, 1.165) is 16.3 Å². The van der Waals surface area contributed by atoms with Crippen LogP contribution in [0, 0.1) is 13.8 Å². The lowest BCUT2D eigenvalue weighted by molar-refractivity contribution is -0.114. The molecule has 7 heteroatoms. The summed E-state index contributed by atoms with van der Waals surface area (Å²) < 4.78 is 0. The van der Waals surface area contributed by atoms with Gasteiger partial charge in [0.2, 0.25) is 5.91 Å². The molecule has 0 saturated carbocycles. The molecule has 3 amide bonds. The summed E-state index contributed by atoms with van der Waals surface area (Å²) in [6.45, 7) is 7.79. The molecule has 1 atom stereocenters. The number of rotatable bonds is 5. The van der Waals surface area contributed by atoms with E-state index in [1.165, 1.54) is 6.92 Å². The van der Waals surface area contributed by atoms with Gasteiger partial charge in [0.1, 0.15) is 0 Å². The van der Waals surface area contributed by atoms with E-state index in [2.05, 4.69) is 20.9 Å². The van der Waals surface area contributed by atoms with Crippen molar-refractivity contribution in [1.29, 1.82) is 0 Å². The molecule has 0 aliphatic rings. The number of aromatic nitrogens is 1. The van der Waals surface area contributed by atoms with E-state index >= 15 is 0 Å². The van der Waals surface area contributed by atoms with Crippen LogP contribution in [0.5, 0.6) is 0 Å². The minimum Gasteiger partial charge on any atom is -0.337 e. The Hall–Kier alpha value is -2.41. The van der Waals surface area contributed by atoms with Crippen molar-refractivity contribution in [3.05, 3.63) is 39.8 Å². The van der Waals surface area contributed by atoms with Crippen molar-refractivity contribution >= 4 is 34.6 Å². The second-order valence-corrected chi connectivity index (χ2v) is 6.61. The fraction of sp³-hybridized carbons (Fsp3) is 0.353. The van der Waals surface area contributed by atoms with Gasteiger partial charge in [-0.25, -0.2) is 9.78 Å². The number of benzene rings is 1. The van der Waals surface area contributed by atoms with Crippen molar-refractivity contribution in [2.45, 2.75) is 33.6 Å². The first-order chi connectivity index (χ1) is 11.4. The lowest BCUT2D eigenvalue weighted by Gasteiger charge is -2.14. The van der Waals surface area contributed by atoms with Gasteiger partial charge in [-0.2, -0.15) is 0 Å². The third kappa shape index (κ3) is 4.79. The highest BCUT2D eigenvalue weighted by Gasteiger charge is 2.12. The molecule has 1 aromatic carbocycles. The number of hydrogen-bond donors (Lipinski definition) is 3. The fourth-order valence-electron chi connectivity index (χ4n) is 2.19. The number of thiazole rings is 1. The minimum atomic E-state index is -0.279. The topological polar surface area (TPSA) is 83.1 Å². The molecule has 0 unspecified atom stereocenters. The zero-order valence-corrected chi connectivity index (χ0v) is 15.1. The third-order valence-electron chi connectivity index (χ3n) is 3.52. The van der Waals surface area contributed by atoms with Crippen LogP contribution in [-0.2, 0) is 4.79 Å². The summed E-state index contributed by atoms with van der Waals surface area (Å²) in [6.07, 6.45) is 0. The number of nitrogens with zero attached hydrogens (tertiary/aromatic N) is 1. The summed E-state index contributed by atoms with van der Waals surface area (Å²) in [5.41, 5.74) is 3.16. The summed E-state index contributed by atoms with van der Waals surface area (Å²) in [7, 11) is 0. The Morgan fingerprint density at radius 1 is 1.21 bits per heavy atom. The zero-order valence-electron chi connectivity index (χ0n) is 14.3. The minimum absolute atomic E-state index is 0.146. The highest BCUT2D eigenvalue weighted by Crippen LogP contribution is 2.23. The molecule has 2 aromatic rings. The highest BCUT2D eigenvalue weighted by molar-refractivity contribution is 7.09. The molecule has 0 spiro atoms. The summed E-state index contributed by atoms with van der Waals surface area (Å²) in [4.78, 5) is 27.7. The number of aryl methyl sites for hydroxylation is 1. The first-order valence-electron chi connectivity index (χ1n) is 7.71. The average Bonchev–Trinajstić information content (AvgIpc) is 2.95. The number of amides is 3. The van der Waals surface area contributed by atoms with E-state index in [0.29, 0.717) is 17.9 Å². The molecule has 0 aliphatic heterocycles. The van der Waals surface area contributed by atoms with Crippen molar-refractivity contribution in [2.24, 2.45) is 0 Å². The maximum atomic E-state index is 12.1. The van der Waals surface area contributed by atoms with Crippen LogP contribution in [0.1, 0.15) is 36.0 Å². The van der Waals surface area contributed by atoms with Crippen LogP contribution in [0.2, 0.25) is 0 Å². The third-order valence-corrected chi connectivity index (χ3v) is 4.71. The monoisotopic (exact) mass is 346 g/mol. The number of anilines is 2. The van der Waals surface area contributed by atoms with Gasteiger partial charge < -0.3 is 16.0 Å². The van der Waals surface area contributed by atoms with E-state index in [1.54, 1.807) is 29.5 Å². The number of nitrogens with one attached hydrogen (secondary N) is 3. The van der Waals surface area contributed by atoms with E-state index in [-0.39, 0.29) is 17.9 Å². The lowest BCUT2D eigenvalue weighted by atomic mass is 10.1. The number of carbonyl (C=O) groups is 2. The van der Waals surface area contributed by atoms with Crippen LogP contribution in [0.4, 0.5) is 16.2 Å². The predicted octanol–water partition coefficient (Wildman–Crippen LogP) is 3.64. The lowest BCUT2D eigenvalue weighted by Crippen LogP contribution is -2.32. The maximum Gasteiger partial charge on any atom is 0.319 e. The average molecular weight is 346 g/mol. The highest BCUT2D eigenvalue weighted by atomic mass is 32.1. The normalized spacial score (nSPS) is 11.7. The van der Waals surface area contributed by atoms with Crippen LogP contribution >= 0.6 is 11.3 Å². The standard InChI is InChI=1S/C17H22N4O2S/c1-10(16-19-11(2)9-24-16)8-18-17(23)21-15-7-5-6-14(12(15)3)20-13(4)22/h5-7,9-10H,8H2,1-4H3,(H,20,22)(H2,18,21,23)/t10-/m0/s1. The molecule has 0 aliphatic carbocycles. The van der Waals surface area contributed by atoms with Gasteiger partial charge in [0.15, 0.2) is 0 Å². The van der Waals surface area contributed by atoms with Gasteiger partial charge in [-0.05, 0) is 31.5 Å². The van der Waals surface area contributed by atoms with E-state index in [1.807, 2.05) is 26.2 Å². The van der Waals surface area contributed by atoms with Crippen LogP contribution < -0.4 is 16.0 Å². The second-order valence-electron chi connectivity index (χ2n) is 5.72. The Kier molecular flexibility index (Phi) is 5.92. The van der Waals surface area contributed by atoms with Gasteiger partial charge in [0, 0.05) is 41.8 Å². The van der Waals surface area contributed by atoms with Gasteiger partial charge in [0.05, 0.1) is 5.01 Å². The first-order valence-corrected chi connectivity index (χ1v) is 8.59. The number of urea groups is 1. The second kappa shape index (κ2) is 7.92. The van der Waals surface area contributed by atoms with Crippen LogP contribution in [0.15, 0.2) is 23.6 Å². The van der Waals surface area contributed by atoms with Crippen molar-refractivity contribution in [3.63, 3.8) is 0 Å². The van der Waals surface area contributed by atoms with E-state index in [4.69, 9.17) is 0 Å². The summed E-state index contributed by atoms with van der Waals surface area (Å²) in [6, 6.07) is 5.10. The molecule has 0 radical (unpaired) electrons. The Morgan fingerprint density at radius 2 is 1.88 bits per heavy atom. The SMILES string of the molecule is CC(=O)Nc1cccc(NC(=O)NC[C@H](C)c2nc(C)cs2)c1C.